The highest BCUT2D eigenvalue weighted by Crippen LogP contribution is 2.49. The van der Waals surface area contributed by atoms with Gasteiger partial charge in [-0.25, -0.2) is 0 Å². The summed E-state index contributed by atoms with van der Waals surface area (Å²) in [4.78, 5) is 38.2. The zero-order chi connectivity index (χ0) is 19.1. The maximum atomic E-state index is 13.1. The topological polar surface area (TPSA) is 109 Å². The van der Waals surface area contributed by atoms with Crippen LogP contribution in [0.2, 0.25) is 0 Å². The Morgan fingerprint density at radius 3 is 2.22 bits per heavy atom. The van der Waals surface area contributed by atoms with Crippen LogP contribution < -0.4 is 11.1 Å². The predicted octanol–water partition coefficient (Wildman–Crippen LogP) is 3.19. The highest BCUT2D eigenvalue weighted by atomic mass is 32.1. The van der Waals surface area contributed by atoms with E-state index in [0.717, 1.165) is 68.2 Å². The first-order valence-corrected chi connectivity index (χ1v) is 10.8. The van der Waals surface area contributed by atoms with Gasteiger partial charge in [-0.15, -0.1) is 11.3 Å². The molecule has 2 bridgehead atoms. The van der Waals surface area contributed by atoms with E-state index in [1.54, 1.807) is 0 Å². The van der Waals surface area contributed by atoms with Gasteiger partial charge < -0.3 is 16.2 Å². The van der Waals surface area contributed by atoms with Crippen molar-refractivity contribution in [2.75, 3.05) is 5.32 Å². The third-order valence-corrected chi connectivity index (χ3v) is 7.92. The van der Waals surface area contributed by atoms with Crippen LogP contribution in [0.1, 0.15) is 65.7 Å². The number of fused-ring (bicyclic) bond motifs is 4. The second-order valence-electron chi connectivity index (χ2n) is 8.19. The molecule has 3 saturated carbocycles. The number of carbonyl (C=O) groups excluding carboxylic acids is 2. The molecule has 4 aliphatic carbocycles. The average Bonchev–Trinajstić information content (AvgIpc) is 2.82. The molecule has 4 N–H and O–H groups in total. The van der Waals surface area contributed by atoms with Crippen molar-refractivity contribution < 1.29 is 19.5 Å². The third kappa shape index (κ3) is 3.26. The van der Waals surface area contributed by atoms with Crippen LogP contribution in [0.4, 0.5) is 5.00 Å². The van der Waals surface area contributed by atoms with Gasteiger partial charge in [-0.1, -0.05) is 6.42 Å². The SMILES string of the molecule is NC(=O)c1c(NC(=O)[C@@H]2C3CCC(CC3)[C@H]2C(=O)O)sc2c1CCCCC2. The monoisotopic (exact) mass is 390 g/mol. The smallest absolute Gasteiger partial charge is 0.307 e. The number of carboxylic acids is 1. The summed E-state index contributed by atoms with van der Waals surface area (Å²) in [5.41, 5.74) is 7.08. The molecule has 146 valence electrons. The minimum Gasteiger partial charge on any atom is -0.481 e. The van der Waals surface area contributed by atoms with Crippen LogP contribution in [-0.4, -0.2) is 22.9 Å². The van der Waals surface area contributed by atoms with E-state index in [2.05, 4.69) is 5.32 Å². The lowest BCUT2D eigenvalue weighted by Crippen LogP contribution is -2.49. The molecule has 0 unspecified atom stereocenters. The molecule has 0 aliphatic heterocycles. The van der Waals surface area contributed by atoms with Crippen molar-refractivity contribution >= 4 is 34.1 Å². The van der Waals surface area contributed by atoms with Crippen molar-refractivity contribution in [1.82, 2.24) is 0 Å². The fourth-order valence-electron chi connectivity index (χ4n) is 5.47. The standard InChI is InChI=1S/C20H26N2O4S/c21-17(23)16-12-4-2-1-3-5-13(12)27-19(16)22-18(24)14-10-6-8-11(9-7-10)15(14)20(25)26/h10-11,14-15H,1-9H2,(H2,21,23)(H,22,24)(H,25,26)/t10?,11?,14-,15-/m1/s1. The van der Waals surface area contributed by atoms with E-state index in [0.29, 0.717) is 10.6 Å². The summed E-state index contributed by atoms with van der Waals surface area (Å²) in [7, 11) is 0. The Morgan fingerprint density at radius 2 is 1.59 bits per heavy atom. The largest absolute Gasteiger partial charge is 0.481 e. The number of primary amides is 1. The number of anilines is 1. The van der Waals surface area contributed by atoms with Crippen LogP contribution in [0.25, 0.3) is 0 Å². The van der Waals surface area contributed by atoms with Crippen LogP contribution in [-0.2, 0) is 22.4 Å². The van der Waals surface area contributed by atoms with Gasteiger partial charge in [0.25, 0.3) is 5.91 Å². The van der Waals surface area contributed by atoms with Gasteiger partial charge in [-0.2, -0.15) is 0 Å². The van der Waals surface area contributed by atoms with Gasteiger partial charge >= 0.3 is 5.97 Å². The van der Waals surface area contributed by atoms with Crippen molar-refractivity contribution in [3.8, 4) is 0 Å². The van der Waals surface area contributed by atoms with Crippen molar-refractivity contribution in [2.45, 2.75) is 57.8 Å². The third-order valence-electron chi connectivity index (χ3n) is 6.71. The number of nitrogens with one attached hydrogen (secondary N) is 1. The van der Waals surface area contributed by atoms with Crippen molar-refractivity contribution in [2.24, 2.45) is 29.4 Å². The fourth-order valence-corrected chi connectivity index (χ4v) is 6.77. The Morgan fingerprint density at radius 1 is 0.963 bits per heavy atom. The number of carbonyl (C=O) groups is 3. The normalized spacial score (nSPS) is 29.6. The molecule has 6 nitrogen and oxygen atoms in total. The van der Waals surface area contributed by atoms with E-state index in [9.17, 15) is 19.5 Å². The molecule has 2 atom stereocenters. The lowest BCUT2D eigenvalue weighted by atomic mass is 9.58. The highest BCUT2D eigenvalue weighted by Gasteiger charge is 2.50. The van der Waals surface area contributed by atoms with Gasteiger partial charge in [0.2, 0.25) is 5.91 Å². The number of aryl methyl sites for hydroxylation is 1. The molecule has 0 radical (unpaired) electrons. The summed E-state index contributed by atoms with van der Waals surface area (Å²) in [6.07, 6.45) is 8.56. The number of amides is 2. The molecule has 7 heteroatoms. The lowest BCUT2D eigenvalue weighted by molar-refractivity contribution is -0.156. The molecule has 1 aromatic rings. The molecule has 0 saturated heterocycles. The molecule has 5 rings (SSSR count). The zero-order valence-corrected chi connectivity index (χ0v) is 16.1. The summed E-state index contributed by atoms with van der Waals surface area (Å²) in [5.74, 6) is -2.57. The van der Waals surface area contributed by atoms with Gasteiger partial charge in [0.1, 0.15) is 5.00 Å². The minimum atomic E-state index is -0.873. The number of aliphatic carboxylic acids is 1. The van der Waals surface area contributed by atoms with Crippen LogP contribution in [0.15, 0.2) is 0 Å². The van der Waals surface area contributed by atoms with E-state index < -0.39 is 23.7 Å². The van der Waals surface area contributed by atoms with E-state index in [1.807, 2.05) is 0 Å². The quantitative estimate of drug-likeness (QED) is 0.686. The molecule has 4 aliphatic rings. The van der Waals surface area contributed by atoms with Crippen molar-refractivity contribution in [3.05, 3.63) is 16.0 Å². The second-order valence-corrected chi connectivity index (χ2v) is 9.29. The van der Waals surface area contributed by atoms with Crippen LogP contribution >= 0.6 is 11.3 Å². The van der Waals surface area contributed by atoms with E-state index >= 15 is 0 Å². The maximum Gasteiger partial charge on any atom is 0.307 e. The number of carboxylic acid groups (broad SMARTS) is 1. The Bertz CT molecular complexity index is 779. The van der Waals surface area contributed by atoms with Gasteiger partial charge in [-0.3, -0.25) is 14.4 Å². The van der Waals surface area contributed by atoms with Crippen LogP contribution in [0.5, 0.6) is 0 Å². The Hall–Kier alpha value is -1.89. The fraction of sp³-hybridized carbons (Fsp3) is 0.650. The molecule has 1 aromatic heterocycles. The van der Waals surface area contributed by atoms with E-state index in [1.165, 1.54) is 11.3 Å². The molecule has 0 spiro atoms. The summed E-state index contributed by atoms with van der Waals surface area (Å²) in [6.45, 7) is 0. The number of nitrogens with two attached hydrogens (primary N) is 1. The minimum absolute atomic E-state index is 0.0823. The Labute approximate surface area is 162 Å². The second kappa shape index (κ2) is 7.26. The Kier molecular flexibility index (Phi) is 4.97. The molecule has 3 fully saturated rings. The molecular weight excluding hydrogens is 364 g/mol. The molecule has 1 heterocycles. The number of thiophene rings is 1. The van der Waals surface area contributed by atoms with Crippen LogP contribution in [0, 0.1) is 23.7 Å². The van der Waals surface area contributed by atoms with Gasteiger partial charge in [-0.05, 0) is 68.8 Å². The molecular formula is C20H26N2O4S. The lowest BCUT2D eigenvalue weighted by Gasteiger charge is -2.45. The first-order chi connectivity index (χ1) is 13.0. The average molecular weight is 391 g/mol. The van der Waals surface area contributed by atoms with Crippen molar-refractivity contribution in [3.63, 3.8) is 0 Å². The van der Waals surface area contributed by atoms with Gasteiger partial charge in [0.05, 0.1) is 17.4 Å². The number of rotatable bonds is 4. The zero-order valence-electron chi connectivity index (χ0n) is 15.3. The summed E-state index contributed by atoms with van der Waals surface area (Å²) >= 11 is 1.45. The maximum absolute atomic E-state index is 13.1. The first kappa shape index (κ1) is 18.5. The Balaban J connectivity index is 1.63. The van der Waals surface area contributed by atoms with E-state index in [-0.39, 0.29) is 17.7 Å². The molecule has 27 heavy (non-hydrogen) atoms. The number of hydrogen-bond acceptors (Lipinski definition) is 4. The first-order valence-electron chi connectivity index (χ1n) is 9.95. The van der Waals surface area contributed by atoms with Crippen LogP contribution in [0.3, 0.4) is 0 Å². The predicted molar refractivity (Wildman–Crippen MR) is 103 cm³/mol. The highest BCUT2D eigenvalue weighted by molar-refractivity contribution is 7.17. The molecule has 0 aromatic carbocycles. The number of hydrogen-bond donors (Lipinski definition) is 3. The summed E-state index contributed by atoms with van der Waals surface area (Å²) in [6, 6.07) is 0. The summed E-state index contributed by atoms with van der Waals surface area (Å²) < 4.78 is 0. The van der Waals surface area contributed by atoms with E-state index in [4.69, 9.17) is 5.73 Å². The van der Waals surface area contributed by atoms with Gasteiger partial charge in [0, 0.05) is 4.88 Å². The molecule has 2 amide bonds. The van der Waals surface area contributed by atoms with Gasteiger partial charge in [0.15, 0.2) is 0 Å². The van der Waals surface area contributed by atoms with Crippen molar-refractivity contribution in [1.29, 1.82) is 0 Å². The summed E-state index contributed by atoms with van der Waals surface area (Å²) in [5, 5.41) is 13.1.